The van der Waals surface area contributed by atoms with Crippen LogP contribution in [0.1, 0.15) is 29.8 Å². The van der Waals surface area contributed by atoms with Gasteiger partial charge >= 0.3 is 18.0 Å². The van der Waals surface area contributed by atoms with Gasteiger partial charge in [0.25, 0.3) is 5.91 Å². The molecule has 2 aliphatic rings. The van der Waals surface area contributed by atoms with Crippen LogP contribution in [0, 0.1) is 0 Å². The van der Waals surface area contributed by atoms with Gasteiger partial charge in [0.2, 0.25) is 0 Å². The molecule has 2 fully saturated rings. The maximum absolute atomic E-state index is 13.1. The SMILES string of the molecule is CC1(C)COCN1C(=O)n1nnc2cc(C(=O)N3CCN(Cc4ccccc4)CC3)ccc21.O=C(O)C(=O)O. The summed E-state index contributed by atoms with van der Waals surface area (Å²) in [5, 5.41) is 23.0. The second kappa shape index (κ2) is 11.6. The van der Waals surface area contributed by atoms with Crippen molar-refractivity contribution in [3.8, 4) is 0 Å². The van der Waals surface area contributed by atoms with Gasteiger partial charge in [-0.2, -0.15) is 4.68 Å². The van der Waals surface area contributed by atoms with E-state index < -0.39 is 17.5 Å². The molecule has 3 aromatic rings. The molecule has 0 bridgehead atoms. The minimum atomic E-state index is -1.82. The van der Waals surface area contributed by atoms with Crippen molar-refractivity contribution in [2.24, 2.45) is 0 Å². The van der Waals surface area contributed by atoms with Crippen molar-refractivity contribution in [3.63, 3.8) is 0 Å². The van der Waals surface area contributed by atoms with E-state index in [9.17, 15) is 9.59 Å². The number of aromatic nitrogens is 3. The fourth-order valence-corrected chi connectivity index (χ4v) is 4.40. The number of hydrogen-bond donors (Lipinski definition) is 2. The molecule has 5 rings (SSSR count). The highest BCUT2D eigenvalue weighted by molar-refractivity contribution is 6.27. The summed E-state index contributed by atoms with van der Waals surface area (Å²) in [6, 6.07) is 15.3. The summed E-state index contributed by atoms with van der Waals surface area (Å²) in [7, 11) is 0. The van der Waals surface area contributed by atoms with E-state index in [2.05, 4.69) is 39.5 Å². The first kappa shape index (κ1) is 27.7. The van der Waals surface area contributed by atoms with Gasteiger partial charge in [-0.3, -0.25) is 14.6 Å². The second-order valence-electron chi connectivity index (χ2n) is 9.87. The third kappa shape index (κ3) is 6.38. The zero-order chi connectivity index (χ0) is 28.2. The molecule has 0 unspecified atom stereocenters. The Morgan fingerprint density at radius 3 is 2.21 bits per heavy atom. The monoisotopic (exact) mass is 538 g/mol. The Hall–Kier alpha value is -4.36. The van der Waals surface area contributed by atoms with Crippen LogP contribution < -0.4 is 0 Å². The van der Waals surface area contributed by atoms with Crippen LogP contribution in [0.3, 0.4) is 0 Å². The summed E-state index contributed by atoms with van der Waals surface area (Å²) < 4.78 is 6.73. The quantitative estimate of drug-likeness (QED) is 0.469. The fraction of sp³-hybridized carbons (Fsp3) is 0.385. The van der Waals surface area contributed by atoms with Crippen LogP contribution in [0.15, 0.2) is 48.5 Å². The molecule has 2 N–H and O–H groups in total. The van der Waals surface area contributed by atoms with E-state index >= 15 is 0 Å². The van der Waals surface area contributed by atoms with E-state index in [-0.39, 0.29) is 18.7 Å². The number of benzene rings is 2. The third-order valence-electron chi connectivity index (χ3n) is 6.60. The number of carbonyl (C=O) groups is 4. The Bertz CT molecular complexity index is 1350. The highest BCUT2D eigenvalue weighted by Crippen LogP contribution is 2.24. The first-order valence-corrected chi connectivity index (χ1v) is 12.3. The molecule has 0 spiro atoms. The number of ether oxygens (including phenoxy) is 1. The van der Waals surface area contributed by atoms with Crippen LogP contribution >= 0.6 is 0 Å². The van der Waals surface area contributed by atoms with E-state index in [4.69, 9.17) is 24.5 Å². The zero-order valence-corrected chi connectivity index (χ0v) is 21.7. The molecule has 0 radical (unpaired) electrons. The molecule has 2 aliphatic heterocycles. The lowest BCUT2D eigenvalue weighted by Gasteiger charge is -2.34. The second-order valence-corrected chi connectivity index (χ2v) is 9.87. The Labute approximate surface area is 224 Å². The van der Waals surface area contributed by atoms with Gasteiger partial charge in [0.05, 0.1) is 17.7 Å². The van der Waals surface area contributed by atoms with Gasteiger partial charge in [-0.1, -0.05) is 35.5 Å². The van der Waals surface area contributed by atoms with Gasteiger partial charge in [0, 0.05) is 38.3 Å². The van der Waals surface area contributed by atoms with Gasteiger partial charge in [-0.15, -0.1) is 5.10 Å². The average molecular weight is 539 g/mol. The van der Waals surface area contributed by atoms with E-state index in [0.717, 1.165) is 19.6 Å². The lowest BCUT2D eigenvalue weighted by atomic mass is 10.1. The Morgan fingerprint density at radius 2 is 1.62 bits per heavy atom. The number of fused-ring (bicyclic) bond motifs is 1. The molecule has 2 amide bonds. The number of piperazine rings is 1. The van der Waals surface area contributed by atoms with E-state index in [1.807, 2.05) is 24.8 Å². The number of carbonyl (C=O) groups excluding carboxylic acids is 2. The predicted molar refractivity (Wildman–Crippen MR) is 138 cm³/mol. The molecule has 1 aromatic heterocycles. The van der Waals surface area contributed by atoms with E-state index in [1.54, 1.807) is 23.1 Å². The number of amides is 2. The third-order valence-corrected chi connectivity index (χ3v) is 6.60. The van der Waals surface area contributed by atoms with E-state index in [1.165, 1.54) is 10.2 Å². The van der Waals surface area contributed by atoms with Crippen LogP contribution in [-0.4, -0.2) is 109 Å². The summed E-state index contributed by atoms with van der Waals surface area (Å²) in [5.41, 5.74) is 2.53. The number of nitrogens with zero attached hydrogens (tertiary/aromatic N) is 6. The zero-order valence-electron chi connectivity index (χ0n) is 21.7. The molecule has 39 heavy (non-hydrogen) atoms. The molecule has 3 heterocycles. The van der Waals surface area contributed by atoms with Gasteiger partial charge in [-0.05, 0) is 37.6 Å². The predicted octanol–water partition coefficient (Wildman–Crippen LogP) is 1.58. The molecule has 0 saturated carbocycles. The lowest BCUT2D eigenvalue weighted by molar-refractivity contribution is -0.159. The number of rotatable bonds is 3. The topological polar surface area (TPSA) is 158 Å². The first-order valence-electron chi connectivity index (χ1n) is 12.3. The van der Waals surface area contributed by atoms with Gasteiger partial charge in [0.1, 0.15) is 12.2 Å². The largest absolute Gasteiger partial charge is 0.473 e. The van der Waals surface area contributed by atoms with Crippen LogP contribution in [0.2, 0.25) is 0 Å². The average Bonchev–Trinajstić information content (AvgIpc) is 3.51. The summed E-state index contributed by atoms with van der Waals surface area (Å²) in [5.74, 6) is -3.67. The van der Waals surface area contributed by atoms with Crippen molar-refractivity contribution in [1.29, 1.82) is 0 Å². The molecule has 2 aromatic carbocycles. The minimum Gasteiger partial charge on any atom is -0.473 e. The Balaban J connectivity index is 0.000000531. The molecule has 206 valence electrons. The van der Waals surface area contributed by atoms with E-state index in [0.29, 0.717) is 36.3 Å². The van der Waals surface area contributed by atoms with Crippen molar-refractivity contribution in [2.45, 2.75) is 25.9 Å². The number of hydrogen-bond acceptors (Lipinski definition) is 8. The van der Waals surface area contributed by atoms with Crippen LogP contribution in [0.5, 0.6) is 0 Å². The summed E-state index contributed by atoms with van der Waals surface area (Å²) in [4.78, 5) is 50.2. The molecular weight excluding hydrogens is 508 g/mol. The first-order chi connectivity index (χ1) is 18.6. The van der Waals surface area contributed by atoms with Crippen molar-refractivity contribution in [3.05, 3.63) is 59.7 Å². The fourth-order valence-electron chi connectivity index (χ4n) is 4.40. The smallest absolute Gasteiger partial charge is 0.414 e. The highest BCUT2D eigenvalue weighted by atomic mass is 16.5. The van der Waals surface area contributed by atoms with Crippen LogP contribution in [0.25, 0.3) is 11.0 Å². The summed E-state index contributed by atoms with van der Waals surface area (Å²) >= 11 is 0. The Kier molecular flexibility index (Phi) is 8.21. The normalized spacial score (nSPS) is 17.0. The maximum Gasteiger partial charge on any atom is 0.414 e. The molecule has 0 aliphatic carbocycles. The van der Waals surface area contributed by atoms with Gasteiger partial charge in [-0.25, -0.2) is 14.4 Å². The van der Waals surface area contributed by atoms with Crippen molar-refractivity contribution >= 4 is 34.9 Å². The molecule has 13 heteroatoms. The molecule has 13 nitrogen and oxygen atoms in total. The van der Waals surface area contributed by atoms with Crippen molar-refractivity contribution in [2.75, 3.05) is 39.5 Å². The van der Waals surface area contributed by atoms with Gasteiger partial charge < -0.3 is 19.8 Å². The maximum atomic E-state index is 13.1. The summed E-state index contributed by atoms with van der Waals surface area (Å²) in [6.45, 7) is 8.52. The summed E-state index contributed by atoms with van der Waals surface area (Å²) in [6.07, 6.45) is 0. The number of carboxylic acids is 2. The van der Waals surface area contributed by atoms with Crippen molar-refractivity contribution < 1.29 is 34.1 Å². The highest BCUT2D eigenvalue weighted by Gasteiger charge is 2.38. The standard InChI is InChI=1S/C24H28N6O3.C2H2O4/c1-24(2)16-33-17-29(24)23(32)30-21-9-8-19(14-20(21)25-26-30)22(31)28-12-10-27(11-13-28)15-18-6-4-3-5-7-18;3-1(4)2(5)6/h3-9,14H,10-13,15-17H2,1-2H3;(H,3,4)(H,5,6). The Morgan fingerprint density at radius 1 is 0.949 bits per heavy atom. The molecule has 0 atom stereocenters. The lowest BCUT2D eigenvalue weighted by Crippen LogP contribution is -2.48. The van der Waals surface area contributed by atoms with Crippen molar-refractivity contribution in [1.82, 2.24) is 29.7 Å². The van der Waals surface area contributed by atoms with Gasteiger partial charge in [0.15, 0.2) is 0 Å². The number of aliphatic carboxylic acids is 2. The molecular formula is C26H30N6O7. The number of carboxylic acid groups (broad SMARTS) is 2. The van der Waals surface area contributed by atoms with Crippen LogP contribution in [0.4, 0.5) is 4.79 Å². The minimum absolute atomic E-state index is 0.0220. The molecule has 2 saturated heterocycles. The van der Waals surface area contributed by atoms with Crippen LogP contribution in [-0.2, 0) is 20.9 Å².